The molecule has 0 atom stereocenters. The van der Waals surface area contributed by atoms with Crippen molar-refractivity contribution in [3.63, 3.8) is 0 Å². The molecule has 0 aliphatic rings. The van der Waals surface area contributed by atoms with Crippen molar-refractivity contribution in [1.82, 2.24) is 0 Å². The van der Waals surface area contributed by atoms with Crippen molar-refractivity contribution in [2.75, 3.05) is 14.2 Å². The molecule has 0 aliphatic heterocycles. The first-order chi connectivity index (χ1) is 11.5. The van der Waals surface area contributed by atoms with E-state index in [1.165, 1.54) is 14.2 Å². The maximum absolute atomic E-state index is 13.0. The number of hydrogen-bond acceptors (Lipinski definition) is 3. The largest absolute Gasteiger partial charge is 0.497 e. The molecule has 0 radical (unpaired) electrons. The molecule has 0 saturated heterocycles. The molecule has 0 saturated carbocycles. The number of benzene rings is 2. The van der Waals surface area contributed by atoms with Gasteiger partial charge in [-0.2, -0.15) is 0 Å². The average Bonchev–Trinajstić information content (AvgIpc) is 2.61. The van der Waals surface area contributed by atoms with Gasteiger partial charge in [-0.25, -0.2) is 0 Å². The van der Waals surface area contributed by atoms with Crippen molar-refractivity contribution in [2.45, 2.75) is 10.7 Å². The number of carbonyl (C=O) groups is 1. The molecule has 0 N–H and O–H groups in total. The fourth-order valence-corrected chi connectivity index (χ4v) is 3.95. The van der Waals surface area contributed by atoms with E-state index in [1.807, 2.05) is 0 Å². The van der Waals surface area contributed by atoms with Gasteiger partial charge in [-0.15, -0.1) is 0 Å². The normalized spacial score (nSPS) is 10.6. The predicted molar refractivity (Wildman–Crippen MR) is 105 cm³/mol. The standard InChI is InChI=1S/C17H14Br2Cl2O3/c1-23-11-3-9(7-18)15(20)13(5-11)17(22)14-6-12(24-2)4-10(8-19)16(14)21/h3-6H,7-8H2,1-2H3. The fraction of sp³-hybridized carbons (Fsp3) is 0.235. The minimum atomic E-state index is -0.285. The lowest BCUT2D eigenvalue weighted by atomic mass is 9.99. The number of ketones is 1. The van der Waals surface area contributed by atoms with Crippen LogP contribution in [-0.2, 0) is 10.7 Å². The summed E-state index contributed by atoms with van der Waals surface area (Å²) in [5.41, 5.74) is 2.19. The van der Waals surface area contributed by atoms with Crippen LogP contribution in [0.2, 0.25) is 10.0 Å². The van der Waals surface area contributed by atoms with Crippen LogP contribution in [0.3, 0.4) is 0 Å². The predicted octanol–water partition coefficient (Wildman–Crippen LogP) is 6.03. The second kappa shape index (κ2) is 8.56. The first-order valence-electron chi connectivity index (χ1n) is 6.86. The van der Waals surface area contributed by atoms with Crippen LogP contribution in [0.25, 0.3) is 0 Å². The Labute approximate surface area is 167 Å². The van der Waals surface area contributed by atoms with Crippen molar-refractivity contribution in [3.8, 4) is 11.5 Å². The molecule has 0 aromatic heterocycles. The van der Waals surface area contributed by atoms with E-state index in [4.69, 9.17) is 32.7 Å². The molecule has 0 bridgehead atoms. The topological polar surface area (TPSA) is 35.5 Å². The van der Waals surface area contributed by atoms with Gasteiger partial charge in [-0.3, -0.25) is 4.79 Å². The second-order valence-corrected chi connectivity index (χ2v) is 6.77. The molecule has 3 nitrogen and oxygen atoms in total. The van der Waals surface area contributed by atoms with Crippen molar-refractivity contribution in [3.05, 3.63) is 56.6 Å². The molecule has 2 rings (SSSR count). The van der Waals surface area contributed by atoms with Crippen LogP contribution >= 0.6 is 55.1 Å². The highest BCUT2D eigenvalue weighted by Gasteiger charge is 2.22. The highest BCUT2D eigenvalue weighted by molar-refractivity contribution is 9.08. The zero-order chi connectivity index (χ0) is 17.9. The molecule has 0 fully saturated rings. The molecule has 2 aromatic rings. The van der Waals surface area contributed by atoms with Crippen molar-refractivity contribution in [1.29, 1.82) is 0 Å². The average molecular weight is 497 g/mol. The number of halogens is 4. The maximum Gasteiger partial charge on any atom is 0.196 e. The summed E-state index contributed by atoms with van der Waals surface area (Å²) in [6.07, 6.45) is 0. The van der Waals surface area contributed by atoms with Crippen LogP contribution in [0.1, 0.15) is 27.0 Å². The first-order valence-corrected chi connectivity index (χ1v) is 9.86. The van der Waals surface area contributed by atoms with Crippen molar-refractivity contribution in [2.24, 2.45) is 0 Å². The highest BCUT2D eigenvalue weighted by Crippen LogP contribution is 2.34. The van der Waals surface area contributed by atoms with Gasteiger partial charge in [0.15, 0.2) is 5.78 Å². The van der Waals surface area contributed by atoms with Crippen LogP contribution in [0.5, 0.6) is 11.5 Å². The van der Waals surface area contributed by atoms with Gasteiger partial charge in [0.1, 0.15) is 11.5 Å². The molecule has 0 aliphatic carbocycles. The molecule has 2 aromatic carbocycles. The monoisotopic (exact) mass is 494 g/mol. The van der Waals surface area contributed by atoms with Gasteiger partial charge in [0.05, 0.1) is 24.3 Å². The molecular formula is C17H14Br2Cl2O3. The van der Waals surface area contributed by atoms with E-state index in [0.29, 0.717) is 43.3 Å². The van der Waals surface area contributed by atoms with Crippen LogP contribution < -0.4 is 9.47 Å². The Morgan fingerprint density at radius 1 is 0.875 bits per heavy atom. The third-order valence-electron chi connectivity index (χ3n) is 3.49. The number of alkyl halides is 2. The fourth-order valence-electron chi connectivity index (χ4n) is 2.22. The molecule has 0 unspecified atom stereocenters. The summed E-state index contributed by atoms with van der Waals surface area (Å²) in [4.78, 5) is 13.0. The Balaban J connectivity index is 2.65. The number of carbonyl (C=O) groups excluding carboxylic acids is 1. The summed E-state index contributed by atoms with van der Waals surface area (Å²) in [6.45, 7) is 0. The number of rotatable bonds is 6. The van der Waals surface area contributed by atoms with Gasteiger partial charge >= 0.3 is 0 Å². The van der Waals surface area contributed by atoms with Gasteiger partial charge in [-0.05, 0) is 35.4 Å². The Kier molecular flexibility index (Phi) is 6.99. The summed E-state index contributed by atoms with van der Waals surface area (Å²) >= 11 is 19.5. The maximum atomic E-state index is 13.0. The Bertz CT molecular complexity index is 715. The van der Waals surface area contributed by atoms with E-state index in [1.54, 1.807) is 24.3 Å². The molecule has 0 heterocycles. The SMILES string of the molecule is COc1cc(CBr)c(Cl)c(C(=O)c2cc(OC)cc(CBr)c2Cl)c1. The van der Waals surface area contributed by atoms with Gasteiger partial charge in [0.25, 0.3) is 0 Å². The van der Waals surface area contributed by atoms with Crippen LogP contribution in [0, 0.1) is 0 Å². The summed E-state index contributed by atoms with van der Waals surface area (Å²) in [5.74, 6) is 0.820. The van der Waals surface area contributed by atoms with Gasteiger partial charge in [0, 0.05) is 21.8 Å². The number of methoxy groups -OCH3 is 2. The first kappa shape index (κ1) is 19.6. The minimum Gasteiger partial charge on any atom is -0.497 e. The van der Waals surface area contributed by atoms with Crippen molar-refractivity contribution < 1.29 is 14.3 Å². The summed E-state index contributed by atoms with van der Waals surface area (Å²) in [5, 5.41) is 1.75. The van der Waals surface area contributed by atoms with E-state index < -0.39 is 0 Å². The van der Waals surface area contributed by atoms with Gasteiger partial charge < -0.3 is 9.47 Å². The number of ether oxygens (including phenoxy) is 2. The third-order valence-corrected chi connectivity index (χ3v) is 5.59. The van der Waals surface area contributed by atoms with E-state index in [2.05, 4.69) is 31.9 Å². The molecule has 128 valence electrons. The number of hydrogen-bond donors (Lipinski definition) is 0. The van der Waals surface area contributed by atoms with Crippen LogP contribution in [0.4, 0.5) is 0 Å². The van der Waals surface area contributed by atoms with Crippen molar-refractivity contribution >= 4 is 60.8 Å². The summed E-state index contributed by atoms with van der Waals surface area (Å²) in [6, 6.07) is 6.79. The molecule has 0 amide bonds. The molecule has 0 spiro atoms. The lowest BCUT2D eigenvalue weighted by Crippen LogP contribution is -2.07. The van der Waals surface area contributed by atoms with E-state index in [0.717, 1.165) is 11.1 Å². The Morgan fingerprint density at radius 3 is 1.54 bits per heavy atom. The molecular weight excluding hydrogens is 483 g/mol. The summed E-state index contributed by atoms with van der Waals surface area (Å²) < 4.78 is 10.5. The lowest BCUT2D eigenvalue weighted by molar-refractivity contribution is 0.103. The van der Waals surface area contributed by atoms with Crippen LogP contribution in [0.15, 0.2) is 24.3 Å². The molecule has 24 heavy (non-hydrogen) atoms. The van der Waals surface area contributed by atoms with E-state index in [9.17, 15) is 4.79 Å². The quantitative estimate of drug-likeness (QED) is 0.362. The summed E-state index contributed by atoms with van der Waals surface area (Å²) in [7, 11) is 3.08. The van der Waals surface area contributed by atoms with E-state index >= 15 is 0 Å². The third kappa shape index (κ3) is 3.90. The zero-order valence-corrected chi connectivity index (χ0v) is 17.6. The lowest BCUT2D eigenvalue weighted by Gasteiger charge is -2.13. The smallest absolute Gasteiger partial charge is 0.196 e. The second-order valence-electron chi connectivity index (χ2n) is 4.89. The zero-order valence-electron chi connectivity index (χ0n) is 13.0. The van der Waals surface area contributed by atoms with E-state index in [-0.39, 0.29) is 5.78 Å². The minimum absolute atomic E-state index is 0.285. The van der Waals surface area contributed by atoms with Crippen LogP contribution in [-0.4, -0.2) is 20.0 Å². The molecule has 7 heteroatoms. The Hall–Kier alpha value is -0.750. The highest BCUT2D eigenvalue weighted by atomic mass is 79.9. The van der Waals surface area contributed by atoms with Gasteiger partial charge in [-0.1, -0.05) is 55.1 Å². The van der Waals surface area contributed by atoms with Gasteiger partial charge in [0.2, 0.25) is 0 Å². The Morgan fingerprint density at radius 2 is 1.25 bits per heavy atom.